The van der Waals surface area contributed by atoms with Gasteiger partial charge in [0, 0.05) is 32.9 Å². The van der Waals surface area contributed by atoms with Crippen LogP contribution in [0.4, 0.5) is 5.82 Å². The fourth-order valence-electron chi connectivity index (χ4n) is 1.32. The van der Waals surface area contributed by atoms with Crippen LogP contribution < -0.4 is 10.6 Å². The number of likely N-dealkylation sites (N-methyl/N-ethyl adjacent to an activating group) is 2. The molecule has 2 N–H and O–H groups in total. The van der Waals surface area contributed by atoms with Gasteiger partial charge in [-0.05, 0) is 25.7 Å². The van der Waals surface area contributed by atoms with Crippen LogP contribution in [0.1, 0.15) is 5.56 Å². The van der Waals surface area contributed by atoms with E-state index in [0.717, 1.165) is 24.5 Å². The number of hydrogen-bond acceptors (Lipinski definition) is 4. The molecule has 0 saturated carbocycles. The van der Waals surface area contributed by atoms with Gasteiger partial charge in [0.15, 0.2) is 0 Å². The molecule has 0 aliphatic carbocycles. The predicted octanol–water partition coefficient (Wildman–Crippen LogP) is 1.19. The average Bonchev–Trinajstić information content (AvgIpc) is 2.25. The van der Waals surface area contributed by atoms with Gasteiger partial charge >= 0.3 is 0 Å². The summed E-state index contributed by atoms with van der Waals surface area (Å²) >= 11 is 6.15. The van der Waals surface area contributed by atoms with Crippen LogP contribution in [0.25, 0.3) is 0 Å². The van der Waals surface area contributed by atoms with Crippen LogP contribution in [0.5, 0.6) is 0 Å². The predicted molar refractivity (Wildman–Crippen MR) is 69.0 cm³/mol. The molecule has 90 valence electrons. The monoisotopic (exact) mass is 242 g/mol. The minimum atomic E-state index is 0.467. The molecule has 4 nitrogen and oxygen atoms in total. The van der Waals surface area contributed by atoms with Crippen molar-refractivity contribution in [3.8, 4) is 0 Å². The SMILES string of the molecule is CN(C)CCN(C)c1ncc(CN)cc1Cl. The molecule has 1 heterocycles. The molecule has 0 atom stereocenters. The molecule has 1 rings (SSSR count). The molecule has 0 aliphatic rings. The number of pyridine rings is 1. The van der Waals surface area contributed by atoms with Gasteiger partial charge in [0.05, 0.1) is 5.02 Å². The van der Waals surface area contributed by atoms with Gasteiger partial charge in [0.1, 0.15) is 5.82 Å². The minimum Gasteiger partial charge on any atom is -0.357 e. The van der Waals surface area contributed by atoms with E-state index in [0.29, 0.717) is 11.6 Å². The standard InChI is InChI=1S/C11H19ClN4/c1-15(2)4-5-16(3)11-10(12)6-9(7-13)8-14-11/h6,8H,4-5,7,13H2,1-3H3. The largest absolute Gasteiger partial charge is 0.357 e. The summed E-state index contributed by atoms with van der Waals surface area (Å²) < 4.78 is 0. The smallest absolute Gasteiger partial charge is 0.147 e. The van der Waals surface area contributed by atoms with Crippen molar-refractivity contribution in [1.29, 1.82) is 0 Å². The third-order valence-corrected chi connectivity index (χ3v) is 2.64. The minimum absolute atomic E-state index is 0.467. The number of aromatic nitrogens is 1. The lowest BCUT2D eigenvalue weighted by Gasteiger charge is -2.21. The zero-order valence-electron chi connectivity index (χ0n) is 10.1. The lowest BCUT2D eigenvalue weighted by Crippen LogP contribution is -2.29. The van der Waals surface area contributed by atoms with Crippen molar-refractivity contribution in [2.45, 2.75) is 6.54 Å². The summed E-state index contributed by atoms with van der Waals surface area (Å²) in [5.74, 6) is 0.806. The molecule has 0 amide bonds. The van der Waals surface area contributed by atoms with Crippen LogP contribution in [-0.4, -0.2) is 44.1 Å². The van der Waals surface area contributed by atoms with Gasteiger partial charge in [0.25, 0.3) is 0 Å². The van der Waals surface area contributed by atoms with Gasteiger partial charge in [0.2, 0.25) is 0 Å². The molecule has 0 radical (unpaired) electrons. The molecule has 16 heavy (non-hydrogen) atoms. The van der Waals surface area contributed by atoms with E-state index in [-0.39, 0.29) is 0 Å². The zero-order chi connectivity index (χ0) is 12.1. The molecule has 1 aromatic heterocycles. The molecule has 5 heteroatoms. The average molecular weight is 243 g/mol. The molecule has 0 aliphatic heterocycles. The molecule has 0 bridgehead atoms. The summed E-state index contributed by atoms with van der Waals surface area (Å²) in [6, 6.07) is 1.87. The summed E-state index contributed by atoms with van der Waals surface area (Å²) in [5, 5.41) is 0.657. The highest BCUT2D eigenvalue weighted by molar-refractivity contribution is 6.33. The molecule has 0 aromatic carbocycles. The van der Waals surface area contributed by atoms with Crippen molar-refractivity contribution >= 4 is 17.4 Å². The number of hydrogen-bond donors (Lipinski definition) is 1. The Kier molecular flexibility index (Phi) is 4.99. The van der Waals surface area contributed by atoms with Crippen LogP contribution in [0, 0.1) is 0 Å². The van der Waals surface area contributed by atoms with Crippen LogP contribution in [-0.2, 0) is 6.54 Å². The maximum atomic E-state index is 6.15. The van der Waals surface area contributed by atoms with E-state index in [9.17, 15) is 0 Å². The van der Waals surface area contributed by atoms with Crippen molar-refractivity contribution in [2.24, 2.45) is 5.73 Å². The van der Waals surface area contributed by atoms with E-state index in [1.54, 1.807) is 6.20 Å². The molecular formula is C11H19ClN4. The van der Waals surface area contributed by atoms with Crippen molar-refractivity contribution in [3.63, 3.8) is 0 Å². The van der Waals surface area contributed by atoms with Gasteiger partial charge in [-0.25, -0.2) is 4.98 Å². The first-order valence-corrected chi connectivity index (χ1v) is 5.62. The summed E-state index contributed by atoms with van der Waals surface area (Å²) in [4.78, 5) is 8.49. The van der Waals surface area contributed by atoms with Crippen molar-refractivity contribution in [2.75, 3.05) is 39.1 Å². The third kappa shape index (κ3) is 3.63. The summed E-state index contributed by atoms with van der Waals surface area (Å²) in [6.07, 6.45) is 1.77. The highest BCUT2D eigenvalue weighted by Crippen LogP contribution is 2.22. The summed E-state index contributed by atoms with van der Waals surface area (Å²) in [6.45, 7) is 2.32. The van der Waals surface area contributed by atoms with Crippen molar-refractivity contribution in [1.82, 2.24) is 9.88 Å². The Bertz CT molecular complexity index is 341. The van der Waals surface area contributed by atoms with E-state index in [1.165, 1.54) is 0 Å². The fourth-order valence-corrected chi connectivity index (χ4v) is 1.65. The second-order valence-corrected chi connectivity index (χ2v) is 4.49. The number of nitrogens with two attached hydrogens (primary N) is 1. The molecule has 0 saturated heterocycles. The number of halogens is 1. The first-order chi connectivity index (χ1) is 7.54. The maximum Gasteiger partial charge on any atom is 0.147 e. The Labute approximate surface area is 102 Å². The second kappa shape index (κ2) is 6.03. The van der Waals surface area contributed by atoms with E-state index in [1.807, 2.05) is 32.1 Å². The van der Waals surface area contributed by atoms with Crippen LogP contribution in [0.2, 0.25) is 5.02 Å². The van der Waals surface area contributed by atoms with Gasteiger partial charge in [-0.1, -0.05) is 11.6 Å². The zero-order valence-corrected chi connectivity index (χ0v) is 10.8. The normalized spacial score (nSPS) is 10.9. The van der Waals surface area contributed by atoms with Gasteiger partial charge in [-0.15, -0.1) is 0 Å². The van der Waals surface area contributed by atoms with Crippen molar-refractivity contribution in [3.05, 3.63) is 22.8 Å². The Balaban J connectivity index is 2.71. The van der Waals surface area contributed by atoms with Crippen molar-refractivity contribution < 1.29 is 0 Å². The Hall–Kier alpha value is -0.840. The number of rotatable bonds is 5. The van der Waals surface area contributed by atoms with Crippen LogP contribution in [0.3, 0.4) is 0 Å². The maximum absolute atomic E-state index is 6.15. The molecule has 1 aromatic rings. The van der Waals surface area contributed by atoms with E-state index in [4.69, 9.17) is 17.3 Å². The third-order valence-electron chi connectivity index (χ3n) is 2.36. The Morgan fingerprint density at radius 2 is 2.00 bits per heavy atom. The molecular weight excluding hydrogens is 224 g/mol. The van der Waals surface area contributed by atoms with E-state index in [2.05, 4.69) is 9.88 Å². The van der Waals surface area contributed by atoms with Crippen LogP contribution in [0.15, 0.2) is 12.3 Å². The second-order valence-electron chi connectivity index (χ2n) is 4.08. The first kappa shape index (κ1) is 13.2. The Morgan fingerprint density at radius 1 is 1.31 bits per heavy atom. The molecule has 0 fully saturated rings. The summed E-state index contributed by atoms with van der Waals surface area (Å²) in [7, 11) is 6.07. The van der Waals surface area contributed by atoms with E-state index < -0.39 is 0 Å². The number of anilines is 1. The van der Waals surface area contributed by atoms with E-state index >= 15 is 0 Å². The molecule has 0 spiro atoms. The number of nitrogens with zero attached hydrogens (tertiary/aromatic N) is 3. The lowest BCUT2D eigenvalue weighted by molar-refractivity contribution is 0.416. The topological polar surface area (TPSA) is 45.4 Å². The lowest BCUT2D eigenvalue weighted by atomic mass is 10.3. The summed E-state index contributed by atoms with van der Waals surface area (Å²) in [5.41, 5.74) is 6.48. The van der Waals surface area contributed by atoms with Gasteiger partial charge in [-0.3, -0.25) is 0 Å². The van der Waals surface area contributed by atoms with Gasteiger partial charge in [-0.2, -0.15) is 0 Å². The quantitative estimate of drug-likeness (QED) is 0.843. The fraction of sp³-hybridized carbons (Fsp3) is 0.545. The Morgan fingerprint density at radius 3 is 2.50 bits per heavy atom. The first-order valence-electron chi connectivity index (χ1n) is 5.25. The molecule has 0 unspecified atom stereocenters. The highest BCUT2D eigenvalue weighted by atomic mass is 35.5. The van der Waals surface area contributed by atoms with Crippen LogP contribution >= 0.6 is 11.6 Å². The highest BCUT2D eigenvalue weighted by Gasteiger charge is 2.08. The van der Waals surface area contributed by atoms with Gasteiger partial charge < -0.3 is 15.5 Å².